The van der Waals surface area contributed by atoms with E-state index in [-0.39, 0.29) is 33.9 Å². The normalized spacial score (nSPS) is 11.8. The number of nitrogens with one attached hydrogen (secondary N) is 2. The molecule has 1 aromatic carbocycles. The van der Waals surface area contributed by atoms with E-state index in [2.05, 4.69) is 47.5 Å². The number of aryl methyl sites for hydroxylation is 1. The predicted molar refractivity (Wildman–Crippen MR) is 142 cm³/mol. The Labute approximate surface area is 220 Å². The smallest absolute Gasteiger partial charge is 0.274 e. The van der Waals surface area contributed by atoms with Gasteiger partial charge in [-0.1, -0.05) is 24.1 Å². The third-order valence-electron chi connectivity index (χ3n) is 6.03. The minimum absolute atomic E-state index is 0.0337. The summed E-state index contributed by atoms with van der Waals surface area (Å²) < 4.78 is 4.44. The zero-order valence-electron chi connectivity index (χ0n) is 20.8. The summed E-state index contributed by atoms with van der Waals surface area (Å²) in [4.78, 5) is 36.1. The number of carbonyl (C=O) groups is 1. The molecule has 1 amide bonds. The highest BCUT2D eigenvalue weighted by Crippen LogP contribution is 2.20. The lowest BCUT2D eigenvalue weighted by Gasteiger charge is -2.18. The zero-order valence-corrected chi connectivity index (χ0v) is 20.8. The average Bonchev–Trinajstić information content (AvgIpc) is 3.63. The fourth-order valence-corrected chi connectivity index (χ4v) is 4.27. The number of imidazole rings is 1. The summed E-state index contributed by atoms with van der Waals surface area (Å²) in [5, 5.41) is 18.4. The van der Waals surface area contributed by atoms with Crippen LogP contribution in [0.1, 0.15) is 40.5 Å². The number of nitrogens with two attached hydrogens (primary N) is 1. The first-order valence-corrected chi connectivity index (χ1v) is 11.9. The molecule has 5 heterocycles. The summed E-state index contributed by atoms with van der Waals surface area (Å²) in [6, 6.07) is 11.7. The van der Waals surface area contributed by atoms with Gasteiger partial charge in [0, 0.05) is 19.4 Å². The number of nitrogens with zero attached hydrogens (tertiary/aromatic N) is 8. The van der Waals surface area contributed by atoms with Crippen molar-refractivity contribution in [2.75, 3.05) is 5.73 Å². The molecule has 39 heavy (non-hydrogen) atoms. The molecule has 192 valence electrons. The fourth-order valence-electron chi connectivity index (χ4n) is 4.27. The number of rotatable bonds is 4. The largest absolute Gasteiger partial charge is 0.382 e. The molecule has 0 spiro atoms. The predicted octanol–water partition coefficient (Wildman–Crippen LogP) is 1.36. The number of hydrogen-bond donors (Lipinski definition) is 3. The first-order valence-electron chi connectivity index (χ1n) is 11.9. The Kier molecular flexibility index (Phi) is 5.61. The van der Waals surface area contributed by atoms with Gasteiger partial charge in [0.1, 0.15) is 16.9 Å². The third kappa shape index (κ3) is 4.15. The Hall–Kier alpha value is -5.77. The van der Waals surface area contributed by atoms with Crippen molar-refractivity contribution < 1.29 is 4.79 Å². The van der Waals surface area contributed by atoms with Crippen LogP contribution in [0.2, 0.25) is 0 Å². The molecule has 6 rings (SSSR count). The number of hydrogen-bond acceptors (Lipinski definition) is 8. The van der Waals surface area contributed by atoms with E-state index in [0.717, 1.165) is 0 Å². The maximum atomic E-state index is 13.9. The standard InChI is InChI=1S/C26H21N11O2/c1-15(30-25(38)21-22(27)31-19-9-6-12-28-37(19)21)24-32-23-20(26(39)36(24)17-7-4-3-5-8-17)18(33-34-23)11-10-16-13-29-35(2)14-16/h3-9,12-15H,27H2,1-2H3,(H,30,38)(H,33,34)/t15-/m0/s1. The lowest BCUT2D eigenvalue weighted by Crippen LogP contribution is -2.34. The van der Waals surface area contributed by atoms with E-state index in [1.807, 2.05) is 18.2 Å². The van der Waals surface area contributed by atoms with Gasteiger partial charge in [0.15, 0.2) is 22.8 Å². The SMILES string of the molecule is C[C@H](NC(=O)c1c(N)nc2cccnn12)c1nc2n[nH]c(C#Cc3cnn(C)c3)c2c(=O)n1-c1ccccc1. The van der Waals surface area contributed by atoms with E-state index in [9.17, 15) is 9.59 Å². The maximum Gasteiger partial charge on any atom is 0.274 e. The molecule has 0 aliphatic rings. The van der Waals surface area contributed by atoms with Crippen LogP contribution < -0.4 is 16.6 Å². The molecule has 13 nitrogen and oxygen atoms in total. The van der Waals surface area contributed by atoms with Gasteiger partial charge in [0.05, 0.1) is 23.5 Å². The average molecular weight is 520 g/mol. The van der Waals surface area contributed by atoms with Crippen molar-refractivity contribution in [3.63, 3.8) is 0 Å². The van der Waals surface area contributed by atoms with Crippen LogP contribution in [-0.2, 0) is 7.05 Å². The molecule has 0 saturated carbocycles. The van der Waals surface area contributed by atoms with Gasteiger partial charge in [-0.05, 0) is 37.1 Å². The van der Waals surface area contributed by atoms with Gasteiger partial charge in [-0.15, -0.1) is 0 Å². The van der Waals surface area contributed by atoms with Gasteiger partial charge in [-0.3, -0.25) is 23.9 Å². The molecule has 6 aromatic rings. The van der Waals surface area contributed by atoms with Crippen molar-refractivity contribution in [1.29, 1.82) is 0 Å². The summed E-state index contributed by atoms with van der Waals surface area (Å²) >= 11 is 0. The number of aromatic amines is 1. The van der Waals surface area contributed by atoms with Crippen LogP contribution in [0.15, 0.2) is 65.8 Å². The van der Waals surface area contributed by atoms with Gasteiger partial charge in [-0.25, -0.2) is 14.5 Å². The first-order chi connectivity index (χ1) is 18.9. The van der Waals surface area contributed by atoms with Gasteiger partial charge < -0.3 is 11.1 Å². The topological polar surface area (TPSA) is 167 Å². The second-order valence-corrected chi connectivity index (χ2v) is 8.73. The molecule has 0 unspecified atom stereocenters. The van der Waals surface area contributed by atoms with Gasteiger partial charge >= 0.3 is 0 Å². The Morgan fingerprint density at radius 2 is 1.92 bits per heavy atom. The molecule has 0 fully saturated rings. The molecule has 0 aliphatic heterocycles. The summed E-state index contributed by atoms with van der Waals surface area (Å²) in [6.07, 6.45) is 4.92. The van der Waals surface area contributed by atoms with E-state index >= 15 is 0 Å². The highest BCUT2D eigenvalue weighted by atomic mass is 16.2. The lowest BCUT2D eigenvalue weighted by molar-refractivity contribution is 0.0931. The number of aromatic nitrogens is 9. The van der Waals surface area contributed by atoms with E-state index in [1.165, 1.54) is 15.3 Å². The second kappa shape index (κ2) is 9.27. The van der Waals surface area contributed by atoms with Crippen LogP contribution in [0.3, 0.4) is 0 Å². The lowest BCUT2D eigenvalue weighted by atomic mass is 10.2. The molecule has 1 atom stereocenters. The molecule has 4 N–H and O–H groups in total. The zero-order chi connectivity index (χ0) is 27.1. The summed E-state index contributed by atoms with van der Waals surface area (Å²) in [7, 11) is 1.79. The van der Waals surface area contributed by atoms with Gasteiger partial charge in [-0.2, -0.15) is 15.3 Å². The minimum Gasteiger partial charge on any atom is -0.382 e. The molecule has 0 radical (unpaired) electrons. The van der Waals surface area contributed by atoms with Crippen LogP contribution in [0.25, 0.3) is 22.4 Å². The molecule has 0 bridgehead atoms. The Morgan fingerprint density at radius 1 is 1.10 bits per heavy atom. The van der Waals surface area contributed by atoms with Crippen LogP contribution in [0.4, 0.5) is 5.82 Å². The Bertz CT molecular complexity index is 1990. The third-order valence-corrected chi connectivity index (χ3v) is 6.03. The number of amides is 1. The molecule has 0 aliphatic carbocycles. The second-order valence-electron chi connectivity index (χ2n) is 8.73. The number of anilines is 1. The van der Waals surface area contributed by atoms with Crippen molar-refractivity contribution >= 4 is 28.4 Å². The fraction of sp³-hybridized carbons (Fsp3) is 0.115. The van der Waals surface area contributed by atoms with Crippen LogP contribution in [0, 0.1) is 11.8 Å². The minimum atomic E-state index is -0.731. The number of para-hydroxylation sites is 1. The van der Waals surface area contributed by atoms with E-state index in [0.29, 0.717) is 22.6 Å². The Morgan fingerprint density at radius 3 is 2.69 bits per heavy atom. The number of fused-ring (bicyclic) bond motifs is 2. The van der Waals surface area contributed by atoms with Crippen molar-refractivity contribution in [2.45, 2.75) is 13.0 Å². The van der Waals surface area contributed by atoms with Crippen molar-refractivity contribution in [3.05, 3.63) is 94.2 Å². The quantitative estimate of drug-likeness (QED) is 0.294. The van der Waals surface area contributed by atoms with Crippen molar-refractivity contribution in [2.24, 2.45) is 7.05 Å². The number of carbonyl (C=O) groups excluding carboxylic acids is 1. The number of nitrogen functional groups attached to an aromatic ring is 1. The van der Waals surface area contributed by atoms with E-state index < -0.39 is 11.9 Å². The highest BCUT2D eigenvalue weighted by Gasteiger charge is 2.25. The molecule has 13 heteroatoms. The van der Waals surface area contributed by atoms with E-state index in [1.54, 1.807) is 55.3 Å². The molecule has 0 saturated heterocycles. The Balaban J connectivity index is 1.45. The van der Waals surface area contributed by atoms with Crippen LogP contribution in [-0.4, -0.2) is 50.0 Å². The van der Waals surface area contributed by atoms with E-state index in [4.69, 9.17) is 5.73 Å². The van der Waals surface area contributed by atoms with Crippen molar-refractivity contribution in [1.82, 2.24) is 49.4 Å². The van der Waals surface area contributed by atoms with Gasteiger partial charge in [0.25, 0.3) is 11.5 Å². The monoisotopic (exact) mass is 519 g/mol. The highest BCUT2D eigenvalue weighted by molar-refractivity contribution is 5.98. The number of benzene rings is 1. The molecular formula is C26H21N11O2. The summed E-state index contributed by atoms with van der Waals surface area (Å²) in [5.74, 6) is 5.73. The number of H-pyrrole nitrogens is 1. The maximum absolute atomic E-state index is 13.9. The van der Waals surface area contributed by atoms with Crippen LogP contribution in [0.5, 0.6) is 0 Å². The first kappa shape index (κ1) is 23.6. The summed E-state index contributed by atoms with van der Waals surface area (Å²) in [6.45, 7) is 1.72. The van der Waals surface area contributed by atoms with Gasteiger partial charge in [0.2, 0.25) is 0 Å². The summed E-state index contributed by atoms with van der Waals surface area (Å²) in [5.41, 5.74) is 7.91. The molecule has 5 aromatic heterocycles. The molecular weight excluding hydrogens is 498 g/mol. The van der Waals surface area contributed by atoms with Crippen LogP contribution >= 0.6 is 0 Å². The van der Waals surface area contributed by atoms with Crippen molar-refractivity contribution in [3.8, 4) is 17.5 Å².